The molecule has 0 radical (unpaired) electrons. The largest absolute Gasteiger partial charge is 0.478 e. The highest BCUT2D eigenvalue weighted by atomic mass is 32.1. The third kappa shape index (κ3) is 2.92. The normalized spacial score (nSPS) is 9.89. The van der Waals surface area contributed by atoms with Crippen LogP contribution in [0.15, 0.2) is 29.6 Å². The highest BCUT2D eigenvalue weighted by molar-refractivity contribution is 7.10. The molecule has 2 aromatic rings. The molecule has 5 heteroatoms. The molecule has 0 bridgehead atoms. The zero-order chi connectivity index (χ0) is 13.8. The van der Waals surface area contributed by atoms with E-state index in [1.54, 1.807) is 24.4 Å². The van der Waals surface area contributed by atoms with E-state index in [-0.39, 0.29) is 0 Å². The van der Waals surface area contributed by atoms with Crippen LogP contribution in [0.1, 0.15) is 26.4 Å². The molecule has 0 atom stereocenters. The van der Waals surface area contributed by atoms with Gasteiger partial charge in [-0.1, -0.05) is 6.07 Å². The van der Waals surface area contributed by atoms with Crippen molar-refractivity contribution in [3.05, 3.63) is 51.2 Å². The lowest BCUT2D eigenvalue weighted by atomic mass is 10.1. The first kappa shape index (κ1) is 13.1. The van der Waals surface area contributed by atoms with Crippen molar-refractivity contribution in [2.45, 2.75) is 13.5 Å². The van der Waals surface area contributed by atoms with E-state index < -0.39 is 5.97 Å². The molecule has 0 unspecified atom stereocenters. The first-order chi connectivity index (χ1) is 9.11. The summed E-state index contributed by atoms with van der Waals surface area (Å²) in [5.41, 5.74) is 2.46. The Balaban J connectivity index is 2.14. The molecule has 1 aromatic carbocycles. The van der Waals surface area contributed by atoms with E-state index in [9.17, 15) is 4.79 Å². The van der Waals surface area contributed by atoms with E-state index in [0.29, 0.717) is 23.2 Å². The average Bonchev–Trinajstić information content (AvgIpc) is 2.85. The fraction of sp³-hybridized carbons (Fsp3) is 0.143. The Kier molecular flexibility index (Phi) is 3.83. The lowest BCUT2D eigenvalue weighted by Crippen LogP contribution is -2.05. The van der Waals surface area contributed by atoms with Gasteiger partial charge < -0.3 is 10.4 Å². The molecular formula is C14H12N2O2S. The van der Waals surface area contributed by atoms with E-state index in [0.717, 1.165) is 10.6 Å². The van der Waals surface area contributed by atoms with Crippen LogP contribution in [0.3, 0.4) is 0 Å². The molecule has 0 spiro atoms. The van der Waals surface area contributed by atoms with Gasteiger partial charge in [-0.25, -0.2) is 4.79 Å². The van der Waals surface area contributed by atoms with Gasteiger partial charge in [-0.2, -0.15) is 5.26 Å². The van der Waals surface area contributed by atoms with Crippen molar-refractivity contribution >= 4 is 23.0 Å². The molecule has 96 valence electrons. The van der Waals surface area contributed by atoms with E-state index in [4.69, 9.17) is 10.4 Å². The number of carboxylic acids is 1. The highest BCUT2D eigenvalue weighted by Gasteiger charge is 2.09. The molecule has 0 aliphatic rings. The molecule has 0 aliphatic carbocycles. The topological polar surface area (TPSA) is 73.1 Å². The van der Waals surface area contributed by atoms with Crippen LogP contribution in [0.5, 0.6) is 0 Å². The Morgan fingerprint density at radius 3 is 2.95 bits per heavy atom. The van der Waals surface area contributed by atoms with Crippen LogP contribution in [0.2, 0.25) is 0 Å². The summed E-state index contributed by atoms with van der Waals surface area (Å²) in [5.74, 6) is -0.927. The Hall–Kier alpha value is -2.32. The van der Waals surface area contributed by atoms with Gasteiger partial charge in [0.05, 0.1) is 11.1 Å². The number of hydrogen-bond acceptors (Lipinski definition) is 4. The van der Waals surface area contributed by atoms with Gasteiger partial charge in [-0.15, -0.1) is 11.3 Å². The summed E-state index contributed by atoms with van der Waals surface area (Å²) in [5, 5.41) is 22.8. The van der Waals surface area contributed by atoms with Gasteiger partial charge >= 0.3 is 5.97 Å². The van der Waals surface area contributed by atoms with Gasteiger partial charge in [0.15, 0.2) is 0 Å². The van der Waals surface area contributed by atoms with Gasteiger partial charge in [0.2, 0.25) is 0 Å². The van der Waals surface area contributed by atoms with Crippen LogP contribution >= 0.6 is 11.3 Å². The number of hydrogen-bond donors (Lipinski definition) is 2. The van der Waals surface area contributed by atoms with E-state index in [1.807, 2.05) is 12.1 Å². The lowest BCUT2D eigenvalue weighted by Gasteiger charge is -2.10. The second-order valence-corrected chi connectivity index (χ2v) is 5.05. The first-order valence-electron chi connectivity index (χ1n) is 5.66. The number of nitriles is 1. The number of thiophene rings is 1. The quantitative estimate of drug-likeness (QED) is 0.896. The smallest absolute Gasteiger partial charge is 0.336 e. The van der Waals surface area contributed by atoms with Gasteiger partial charge in [0.1, 0.15) is 6.07 Å². The third-order valence-corrected chi connectivity index (χ3v) is 3.74. The molecular weight excluding hydrogens is 260 g/mol. The Morgan fingerprint density at radius 2 is 2.32 bits per heavy atom. The Morgan fingerprint density at radius 1 is 1.53 bits per heavy atom. The number of benzene rings is 1. The molecule has 2 rings (SSSR count). The van der Waals surface area contributed by atoms with Crippen molar-refractivity contribution in [1.82, 2.24) is 0 Å². The number of anilines is 1. The molecule has 1 aromatic heterocycles. The molecule has 2 N–H and O–H groups in total. The maximum Gasteiger partial charge on any atom is 0.336 e. The predicted molar refractivity (Wildman–Crippen MR) is 74.5 cm³/mol. The molecule has 4 nitrogen and oxygen atoms in total. The highest BCUT2D eigenvalue weighted by Crippen LogP contribution is 2.21. The number of rotatable bonds is 4. The van der Waals surface area contributed by atoms with Crippen molar-refractivity contribution < 1.29 is 9.90 Å². The summed E-state index contributed by atoms with van der Waals surface area (Å²) >= 11 is 1.51. The SMILES string of the molecule is Cc1c(NCc2cc(C#N)cs2)cccc1C(=O)O. The minimum absolute atomic E-state index is 0.300. The van der Waals surface area contributed by atoms with Crippen LogP contribution in [-0.4, -0.2) is 11.1 Å². The summed E-state index contributed by atoms with van der Waals surface area (Å²) in [6, 6.07) is 9.06. The molecule has 0 amide bonds. The Bertz CT molecular complexity index is 656. The van der Waals surface area contributed by atoms with Gasteiger partial charge in [-0.3, -0.25) is 0 Å². The average molecular weight is 272 g/mol. The van der Waals surface area contributed by atoms with Gasteiger partial charge in [-0.05, 0) is 30.7 Å². The zero-order valence-corrected chi connectivity index (χ0v) is 11.1. The summed E-state index contributed by atoms with van der Waals surface area (Å²) in [6.45, 7) is 2.36. The number of nitrogens with one attached hydrogen (secondary N) is 1. The van der Waals surface area contributed by atoms with E-state index >= 15 is 0 Å². The molecule has 19 heavy (non-hydrogen) atoms. The second kappa shape index (κ2) is 5.55. The van der Waals surface area contributed by atoms with Crippen LogP contribution in [-0.2, 0) is 6.54 Å². The fourth-order valence-corrected chi connectivity index (χ4v) is 2.52. The monoisotopic (exact) mass is 272 g/mol. The van der Waals surface area contributed by atoms with Crippen molar-refractivity contribution in [2.75, 3.05) is 5.32 Å². The molecule has 0 aliphatic heterocycles. The Labute approximate surface area is 114 Å². The molecule has 1 heterocycles. The standard InChI is InChI=1S/C14H12N2O2S/c1-9-12(14(17)18)3-2-4-13(9)16-7-11-5-10(6-15)8-19-11/h2-5,8,16H,7H2,1H3,(H,17,18). The molecule has 0 fully saturated rings. The minimum atomic E-state index is -0.927. The predicted octanol–water partition coefficient (Wildman–Crippen LogP) is 3.24. The molecule has 0 saturated carbocycles. The first-order valence-corrected chi connectivity index (χ1v) is 6.54. The van der Waals surface area contributed by atoms with Crippen molar-refractivity contribution in [3.63, 3.8) is 0 Å². The van der Waals surface area contributed by atoms with E-state index in [1.165, 1.54) is 11.3 Å². The van der Waals surface area contributed by atoms with Crippen LogP contribution in [0.4, 0.5) is 5.69 Å². The number of nitrogens with zero attached hydrogens (tertiary/aromatic N) is 1. The second-order valence-electron chi connectivity index (χ2n) is 4.05. The van der Waals surface area contributed by atoms with Crippen molar-refractivity contribution in [1.29, 1.82) is 5.26 Å². The summed E-state index contributed by atoms with van der Waals surface area (Å²) < 4.78 is 0. The van der Waals surface area contributed by atoms with Gasteiger partial charge in [0, 0.05) is 22.5 Å². The molecule has 0 saturated heterocycles. The zero-order valence-electron chi connectivity index (χ0n) is 10.3. The number of carboxylic acid groups (broad SMARTS) is 1. The summed E-state index contributed by atoms with van der Waals surface area (Å²) in [6.07, 6.45) is 0. The maximum absolute atomic E-state index is 11.0. The van der Waals surface area contributed by atoms with Gasteiger partial charge in [0.25, 0.3) is 0 Å². The van der Waals surface area contributed by atoms with E-state index in [2.05, 4.69) is 11.4 Å². The van der Waals surface area contributed by atoms with Crippen molar-refractivity contribution in [2.24, 2.45) is 0 Å². The minimum Gasteiger partial charge on any atom is -0.478 e. The number of carbonyl (C=O) groups is 1. The lowest BCUT2D eigenvalue weighted by molar-refractivity contribution is 0.0696. The van der Waals surface area contributed by atoms with Crippen molar-refractivity contribution in [3.8, 4) is 6.07 Å². The number of aromatic carboxylic acids is 1. The summed E-state index contributed by atoms with van der Waals surface area (Å²) in [4.78, 5) is 12.1. The third-order valence-electron chi connectivity index (χ3n) is 2.80. The van der Waals surface area contributed by atoms with Crippen LogP contribution < -0.4 is 5.32 Å². The summed E-state index contributed by atoms with van der Waals surface area (Å²) in [7, 11) is 0. The fourth-order valence-electron chi connectivity index (χ4n) is 1.77. The maximum atomic E-state index is 11.0. The van der Waals surface area contributed by atoms with Crippen LogP contribution in [0.25, 0.3) is 0 Å². The van der Waals surface area contributed by atoms with Crippen LogP contribution in [0, 0.1) is 18.3 Å².